The molecule has 4 rings (SSSR count). The monoisotopic (exact) mass is 353 g/mol. The lowest BCUT2D eigenvalue weighted by atomic mass is 10.0. The molecular weight excluding hydrogens is 330 g/mol. The number of hydrogen-bond acceptors (Lipinski definition) is 4. The lowest BCUT2D eigenvalue weighted by Gasteiger charge is -2.26. The van der Waals surface area contributed by atoms with Crippen molar-refractivity contribution in [3.63, 3.8) is 0 Å². The number of carbonyl (C=O) groups is 1. The van der Waals surface area contributed by atoms with Crippen molar-refractivity contribution in [2.24, 2.45) is 0 Å². The number of benzene rings is 2. The molecule has 5 nitrogen and oxygen atoms in total. The first-order chi connectivity index (χ1) is 12.8. The highest BCUT2D eigenvalue weighted by atomic mass is 16.5. The Morgan fingerprint density at radius 2 is 1.92 bits per heavy atom. The third kappa shape index (κ3) is 3.21. The molecule has 5 heteroatoms. The van der Waals surface area contributed by atoms with E-state index in [2.05, 4.69) is 6.07 Å². The van der Waals surface area contributed by atoms with Gasteiger partial charge in [0.1, 0.15) is 5.75 Å². The number of hydrogen-bond donors (Lipinski definition) is 0. The lowest BCUT2D eigenvalue weighted by Crippen LogP contribution is -2.30. The summed E-state index contributed by atoms with van der Waals surface area (Å²) in [5.41, 5.74) is 1.76. The van der Waals surface area contributed by atoms with Gasteiger partial charge in [-0.3, -0.25) is 4.79 Å². The average molecular weight is 353 g/mol. The van der Waals surface area contributed by atoms with Crippen LogP contribution in [0, 0.1) is 0 Å². The summed E-state index contributed by atoms with van der Waals surface area (Å²) in [6.07, 6.45) is 2.83. The molecule has 0 saturated carbocycles. The van der Waals surface area contributed by atoms with Crippen molar-refractivity contribution < 1.29 is 19.0 Å². The average Bonchev–Trinajstić information content (AvgIpc) is 3.06. The van der Waals surface area contributed by atoms with Crippen LogP contribution in [0.5, 0.6) is 17.2 Å². The summed E-state index contributed by atoms with van der Waals surface area (Å²) in [4.78, 5) is 15.0. The van der Waals surface area contributed by atoms with Gasteiger partial charge in [-0.25, -0.2) is 0 Å². The molecule has 0 aromatic heterocycles. The molecule has 2 aromatic carbocycles. The number of methoxy groups -OCH3 is 1. The van der Waals surface area contributed by atoms with E-state index < -0.39 is 0 Å². The van der Waals surface area contributed by atoms with Gasteiger partial charge in [-0.15, -0.1) is 0 Å². The molecule has 2 aliphatic heterocycles. The molecule has 2 aromatic rings. The Labute approximate surface area is 153 Å². The second-order valence-corrected chi connectivity index (χ2v) is 6.65. The summed E-state index contributed by atoms with van der Waals surface area (Å²) < 4.78 is 16.8. The minimum absolute atomic E-state index is 0.0403. The Morgan fingerprint density at radius 1 is 1.08 bits per heavy atom. The quantitative estimate of drug-likeness (QED) is 0.841. The van der Waals surface area contributed by atoms with Gasteiger partial charge in [0.2, 0.25) is 0 Å². The lowest BCUT2D eigenvalue weighted by molar-refractivity contribution is 0.0735. The molecule has 26 heavy (non-hydrogen) atoms. The van der Waals surface area contributed by atoms with Gasteiger partial charge in [-0.1, -0.05) is 12.1 Å². The van der Waals surface area contributed by atoms with Crippen LogP contribution >= 0.6 is 0 Å². The van der Waals surface area contributed by atoms with Gasteiger partial charge in [0.05, 0.1) is 26.4 Å². The number of likely N-dealkylation sites (tertiary alicyclic amines) is 1. The van der Waals surface area contributed by atoms with Crippen LogP contribution in [-0.4, -0.2) is 37.7 Å². The number of carbonyl (C=O) groups excluding carboxylic acids is 1. The SMILES string of the molecule is COc1cccc(C(=O)N2CCC[C@@H]2c2ccc3c(c2)OCCCO3)c1. The van der Waals surface area contributed by atoms with Crippen LogP contribution in [0.15, 0.2) is 42.5 Å². The van der Waals surface area contributed by atoms with E-state index in [0.717, 1.165) is 42.9 Å². The molecule has 0 aliphatic carbocycles. The van der Waals surface area contributed by atoms with Gasteiger partial charge in [-0.2, -0.15) is 0 Å². The fourth-order valence-corrected chi connectivity index (χ4v) is 3.67. The van der Waals surface area contributed by atoms with Crippen LogP contribution in [0.3, 0.4) is 0 Å². The molecule has 0 N–H and O–H groups in total. The summed E-state index contributed by atoms with van der Waals surface area (Å²) in [5, 5.41) is 0. The van der Waals surface area contributed by atoms with Gasteiger partial charge in [-0.05, 0) is 48.7 Å². The van der Waals surface area contributed by atoms with Crippen molar-refractivity contribution in [1.82, 2.24) is 4.90 Å². The van der Waals surface area contributed by atoms with Crippen LogP contribution in [0.25, 0.3) is 0 Å². The van der Waals surface area contributed by atoms with E-state index in [-0.39, 0.29) is 11.9 Å². The highest BCUT2D eigenvalue weighted by molar-refractivity contribution is 5.95. The third-order valence-electron chi connectivity index (χ3n) is 4.99. The predicted molar refractivity (Wildman–Crippen MR) is 98.1 cm³/mol. The van der Waals surface area contributed by atoms with Crippen molar-refractivity contribution in [3.8, 4) is 17.2 Å². The zero-order valence-corrected chi connectivity index (χ0v) is 14.9. The predicted octanol–water partition coefficient (Wildman–Crippen LogP) is 3.83. The first-order valence-corrected chi connectivity index (χ1v) is 9.11. The Balaban J connectivity index is 1.60. The molecule has 0 bridgehead atoms. The fourth-order valence-electron chi connectivity index (χ4n) is 3.67. The Bertz CT molecular complexity index is 804. The summed E-state index contributed by atoms with van der Waals surface area (Å²) in [5.74, 6) is 2.30. The summed E-state index contributed by atoms with van der Waals surface area (Å²) in [6.45, 7) is 2.10. The minimum Gasteiger partial charge on any atom is -0.497 e. The molecular formula is C21H23NO4. The summed E-state index contributed by atoms with van der Waals surface area (Å²) >= 11 is 0. The third-order valence-corrected chi connectivity index (χ3v) is 4.99. The molecule has 1 amide bonds. The maximum Gasteiger partial charge on any atom is 0.254 e. The second kappa shape index (κ2) is 7.28. The van der Waals surface area contributed by atoms with E-state index in [0.29, 0.717) is 24.5 Å². The highest BCUT2D eigenvalue weighted by Gasteiger charge is 2.31. The standard InChI is InChI=1S/C21H23NO4/c1-24-17-6-2-5-16(13-17)21(23)22-10-3-7-18(22)15-8-9-19-20(14-15)26-12-4-11-25-19/h2,5-6,8-9,13-14,18H,3-4,7,10-12H2,1H3/t18-/m1/s1. The molecule has 0 radical (unpaired) electrons. The van der Waals surface area contributed by atoms with Crippen LogP contribution in [-0.2, 0) is 0 Å². The van der Waals surface area contributed by atoms with Crippen LogP contribution in [0.1, 0.15) is 41.2 Å². The van der Waals surface area contributed by atoms with Crippen molar-refractivity contribution in [3.05, 3.63) is 53.6 Å². The Morgan fingerprint density at radius 3 is 2.77 bits per heavy atom. The van der Waals surface area contributed by atoms with Gasteiger partial charge < -0.3 is 19.1 Å². The summed E-state index contributed by atoms with van der Waals surface area (Å²) in [7, 11) is 1.61. The molecule has 1 saturated heterocycles. The zero-order valence-electron chi connectivity index (χ0n) is 14.9. The first-order valence-electron chi connectivity index (χ1n) is 9.11. The van der Waals surface area contributed by atoms with Gasteiger partial charge in [0, 0.05) is 18.5 Å². The van der Waals surface area contributed by atoms with Gasteiger partial charge in [0.25, 0.3) is 5.91 Å². The van der Waals surface area contributed by atoms with Crippen molar-refractivity contribution in [2.75, 3.05) is 26.9 Å². The molecule has 1 atom stereocenters. The van der Waals surface area contributed by atoms with E-state index in [4.69, 9.17) is 14.2 Å². The van der Waals surface area contributed by atoms with E-state index >= 15 is 0 Å². The molecule has 136 valence electrons. The largest absolute Gasteiger partial charge is 0.497 e. The Hall–Kier alpha value is -2.69. The van der Waals surface area contributed by atoms with Crippen molar-refractivity contribution in [2.45, 2.75) is 25.3 Å². The normalized spacial score (nSPS) is 19.1. The van der Waals surface area contributed by atoms with E-state index in [1.807, 2.05) is 35.2 Å². The zero-order chi connectivity index (χ0) is 17.9. The molecule has 1 fully saturated rings. The van der Waals surface area contributed by atoms with E-state index in [1.54, 1.807) is 13.2 Å². The summed E-state index contributed by atoms with van der Waals surface area (Å²) in [6, 6.07) is 13.4. The minimum atomic E-state index is 0.0403. The van der Waals surface area contributed by atoms with Crippen molar-refractivity contribution >= 4 is 5.91 Å². The topological polar surface area (TPSA) is 48.0 Å². The number of amides is 1. The molecule has 2 heterocycles. The maximum atomic E-state index is 13.1. The molecule has 2 aliphatic rings. The molecule has 0 spiro atoms. The number of rotatable bonds is 3. The number of fused-ring (bicyclic) bond motifs is 1. The van der Waals surface area contributed by atoms with Crippen molar-refractivity contribution in [1.29, 1.82) is 0 Å². The fraction of sp³-hybridized carbons (Fsp3) is 0.381. The van der Waals surface area contributed by atoms with E-state index in [1.165, 1.54) is 0 Å². The first kappa shape index (κ1) is 16.8. The number of nitrogens with zero attached hydrogens (tertiary/aromatic N) is 1. The Kier molecular flexibility index (Phi) is 4.69. The smallest absolute Gasteiger partial charge is 0.254 e. The van der Waals surface area contributed by atoms with Crippen LogP contribution in [0.4, 0.5) is 0 Å². The second-order valence-electron chi connectivity index (χ2n) is 6.65. The van der Waals surface area contributed by atoms with Crippen LogP contribution < -0.4 is 14.2 Å². The highest BCUT2D eigenvalue weighted by Crippen LogP contribution is 2.38. The molecule has 0 unspecified atom stereocenters. The van der Waals surface area contributed by atoms with Crippen LogP contribution in [0.2, 0.25) is 0 Å². The number of ether oxygens (including phenoxy) is 3. The maximum absolute atomic E-state index is 13.1. The van der Waals surface area contributed by atoms with Gasteiger partial charge in [0.15, 0.2) is 11.5 Å². The van der Waals surface area contributed by atoms with Gasteiger partial charge >= 0.3 is 0 Å². The van der Waals surface area contributed by atoms with E-state index in [9.17, 15) is 4.79 Å².